The summed E-state index contributed by atoms with van der Waals surface area (Å²) in [4.78, 5) is 25.3. The highest BCUT2D eigenvalue weighted by atomic mass is 16.5. The number of esters is 1. The first kappa shape index (κ1) is 18.4. The summed E-state index contributed by atoms with van der Waals surface area (Å²) in [6.07, 6.45) is 1.94. The Morgan fingerprint density at radius 2 is 1.96 bits per heavy atom. The fraction of sp³-hybridized carbons (Fsp3) is 0.611. The van der Waals surface area contributed by atoms with Gasteiger partial charge in [-0.3, -0.25) is 4.90 Å². The van der Waals surface area contributed by atoms with Crippen LogP contribution in [0.2, 0.25) is 0 Å². The van der Waals surface area contributed by atoms with Crippen LogP contribution < -0.4 is 4.90 Å². The van der Waals surface area contributed by atoms with E-state index < -0.39 is 0 Å². The number of anilines is 1. The lowest BCUT2D eigenvalue weighted by atomic mass is 10.2. The molecule has 0 atom stereocenters. The van der Waals surface area contributed by atoms with E-state index in [4.69, 9.17) is 9.72 Å². The summed E-state index contributed by atoms with van der Waals surface area (Å²) < 4.78 is 4.72. The van der Waals surface area contributed by atoms with Crippen LogP contribution in [0.15, 0.2) is 17.7 Å². The summed E-state index contributed by atoms with van der Waals surface area (Å²) >= 11 is 0. The van der Waals surface area contributed by atoms with Gasteiger partial charge < -0.3 is 9.64 Å². The van der Waals surface area contributed by atoms with Crippen LogP contribution in [0.25, 0.3) is 0 Å². The second-order valence-corrected chi connectivity index (χ2v) is 6.55. The number of methoxy groups -OCH3 is 1. The van der Waals surface area contributed by atoms with Crippen LogP contribution in [0, 0.1) is 6.92 Å². The number of carbonyl (C=O) groups is 1. The van der Waals surface area contributed by atoms with Crippen LogP contribution in [0.5, 0.6) is 0 Å². The maximum atomic E-state index is 11.4. The Labute approximate surface area is 144 Å². The average molecular weight is 332 g/mol. The summed E-state index contributed by atoms with van der Waals surface area (Å²) in [5.74, 6) is 2.00. The first-order chi connectivity index (χ1) is 11.4. The number of aromatic nitrogens is 2. The quantitative estimate of drug-likeness (QED) is 0.608. The topological polar surface area (TPSA) is 58.6 Å². The lowest BCUT2D eigenvalue weighted by Gasteiger charge is -2.35. The Hall–Kier alpha value is -1.95. The van der Waals surface area contributed by atoms with Crippen molar-refractivity contribution in [1.29, 1.82) is 0 Å². The van der Waals surface area contributed by atoms with E-state index in [1.807, 2.05) is 13.0 Å². The highest BCUT2D eigenvalue weighted by Gasteiger charge is 2.19. The van der Waals surface area contributed by atoms with Gasteiger partial charge in [0.05, 0.1) is 7.11 Å². The predicted octanol–water partition coefficient (Wildman–Crippen LogP) is 2.15. The van der Waals surface area contributed by atoms with Gasteiger partial charge in [-0.25, -0.2) is 14.8 Å². The zero-order valence-electron chi connectivity index (χ0n) is 15.4. The summed E-state index contributed by atoms with van der Waals surface area (Å²) in [7, 11) is 1.41. The van der Waals surface area contributed by atoms with E-state index in [0.29, 0.717) is 11.5 Å². The van der Waals surface area contributed by atoms with Crippen molar-refractivity contribution in [3.8, 4) is 0 Å². The van der Waals surface area contributed by atoms with Crippen LogP contribution in [-0.4, -0.2) is 60.7 Å². The van der Waals surface area contributed by atoms with Crippen LogP contribution in [0.3, 0.4) is 0 Å². The number of aryl methyl sites for hydroxylation is 1. The third-order valence-electron chi connectivity index (χ3n) is 4.23. The normalized spacial score (nSPS) is 16.6. The van der Waals surface area contributed by atoms with Crippen molar-refractivity contribution in [3.63, 3.8) is 0 Å². The Balaban J connectivity index is 1.94. The van der Waals surface area contributed by atoms with Gasteiger partial charge in [0.15, 0.2) is 0 Å². The van der Waals surface area contributed by atoms with Gasteiger partial charge in [0.1, 0.15) is 11.6 Å². The van der Waals surface area contributed by atoms with Crippen molar-refractivity contribution < 1.29 is 9.53 Å². The zero-order chi connectivity index (χ0) is 17.7. The Kier molecular flexibility index (Phi) is 6.31. The van der Waals surface area contributed by atoms with Crippen LogP contribution in [-0.2, 0) is 9.53 Å². The molecule has 0 aromatic carbocycles. The number of hydrogen-bond donors (Lipinski definition) is 0. The Morgan fingerprint density at radius 3 is 2.54 bits per heavy atom. The molecule has 2 rings (SSSR count). The molecule has 1 fully saturated rings. The second kappa shape index (κ2) is 8.24. The maximum absolute atomic E-state index is 11.4. The molecular formula is C18H28N4O2. The predicted molar refractivity (Wildman–Crippen MR) is 95.3 cm³/mol. The van der Waals surface area contributed by atoms with Gasteiger partial charge in [0, 0.05) is 56.0 Å². The summed E-state index contributed by atoms with van der Waals surface area (Å²) in [6.45, 7) is 12.6. The molecule has 0 radical (unpaired) electrons. The molecule has 1 aliphatic rings. The molecule has 0 amide bonds. The molecule has 132 valence electrons. The number of rotatable bonds is 5. The van der Waals surface area contributed by atoms with E-state index in [2.05, 4.69) is 34.7 Å². The van der Waals surface area contributed by atoms with Crippen molar-refractivity contribution >= 4 is 11.8 Å². The number of nitrogens with zero attached hydrogens (tertiary/aromatic N) is 4. The Morgan fingerprint density at radius 1 is 1.29 bits per heavy atom. The smallest absolute Gasteiger partial charge is 0.333 e. The molecule has 24 heavy (non-hydrogen) atoms. The summed E-state index contributed by atoms with van der Waals surface area (Å²) in [6, 6.07) is 2.06. The molecule has 6 heteroatoms. The largest absolute Gasteiger partial charge is 0.466 e. The minimum atomic E-state index is -0.258. The summed E-state index contributed by atoms with van der Waals surface area (Å²) in [5.41, 5.74) is 1.68. The first-order valence-corrected chi connectivity index (χ1v) is 8.48. The molecular weight excluding hydrogens is 304 g/mol. The SMILES string of the molecule is COC(=O)C(C)=CCN1CCN(c2cc(C)nc(C(C)C)n2)CC1. The van der Waals surface area contributed by atoms with Crippen molar-refractivity contribution in [1.82, 2.24) is 14.9 Å². The van der Waals surface area contributed by atoms with Gasteiger partial charge >= 0.3 is 5.97 Å². The number of ether oxygens (including phenoxy) is 1. The zero-order valence-corrected chi connectivity index (χ0v) is 15.4. The second-order valence-electron chi connectivity index (χ2n) is 6.55. The molecule has 0 spiro atoms. The molecule has 0 aliphatic carbocycles. The van der Waals surface area contributed by atoms with Crippen LogP contribution in [0.4, 0.5) is 5.82 Å². The molecule has 1 saturated heterocycles. The monoisotopic (exact) mass is 332 g/mol. The number of piperazine rings is 1. The van der Waals surface area contributed by atoms with E-state index >= 15 is 0 Å². The standard InChI is InChI=1S/C18H28N4O2/c1-13(2)17-19-15(4)12-16(20-17)22-10-8-21(9-11-22)7-6-14(3)18(23)24-5/h6,12-13H,7-11H2,1-5H3. The van der Waals surface area contributed by atoms with E-state index in [9.17, 15) is 4.79 Å². The fourth-order valence-corrected chi connectivity index (χ4v) is 2.66. The number of hydrogen-bond acceptors (Lipinski definition) is 6. The van der Waals surface area contributed by atoms with Gasteiger partial charge in [0.2, 0.25) is 0 Å². The summed E-state index contributed by atoms with van der Waals surface area (Å²) in [5, 5.41) is 0. The van der Waals surface area contributed by atoms with E-state index in [-0.39, 0.29) is 5.97 Å². The van der Waals surface area contributed by atoms with Crippen molar-refractivity contribution in [2.45, 2.75) is 33.6 Å². The first-order valence-electron chi connectivity index (χ1n) is 8.48. The van der Waals surface area contributed by atoms with Gasteiger partial charge in [0.25, 0.3) is 0 Å². The highest BCUT2D eigenvalue weighted by Crippen LogP contribution is 2.18. The molecule has 0 N–H and O–H groups in total. The average Bonchev–Trinajstić information content (AvgIpc) is 2.58. The molecule has 1 aromatic heterocycles. The maximum Gasteiger partial charge on any atom is 0.333 e. The third-order valence-corrected chi connectivity index (χ3v) is 4.23. The van der Waals surface area contributed by atoms with E-state index in [0.717, 1.165) is 50.1 Å². The van der Waals surface area contributed by atoms with Crippen molar-refractivity contribution in [3.05, 3.63) is 29.2 Å². The minimum Gasteiger partial charge on any atom is -0.466 e. The van der Waals surface area contributed by atoms with E-state index in [1.165, 1.54) is 7.11 Å². The molecule has 0 saturated carbocycles. The van der Waals surface area contributed by atoms with Crippen molar-refractivity contribution in [2.75, 3.05) is 44.7 Å². The highest BCUT2D eigenvalue weighted by molar-refractivity contribution is 5.87. The Bertz CT molecular complexity index is 605. The number of carbonyl (C=O) groups excluding carboxylic acids is 1. The molecule has 0 bridgehead atoms. The van der Waals surface area contributed by atoms with Crippen molar-refractivity contribution in [2.24, 2.45) is 0 Å². The van der Waals surface area contributed by atoms with Gasteiger partial charge in [-0.05, 0) is 13.8 Å². The minimum absolute atomic E-state index is 0.258. The van der Waals surface area contributed by atoms with Crippen LogP contribution in [0.1, 0.15) is 38.2 Å². The third kappa shape index (κ3) is 4.77. The van der Waals surface area contributed by atoms with Gasteiger partial charge in [-0.2, -0.15) is 0 Å². The molecule has 6 nitrogen and oxygen atoms in total. The lowest BCUT2D eigenvalue weighted by Crippen LogP contribution is -2.46. The van der Waals surface area contributed by atoms with Crippen LogP contribution >= 0.6 is 0 Å². The molecule has 1 aliphatic heterocycles. The molecule has 1 aromatic rings. The van der Waals surface area contributed by atoms with E-state index in [1.54, 1.807) is 6.92 Å². The fourth-order valence-electron chi connectivity index (χ4n) is 2.66. The molecule has 0 unspecified atom stereocenters. The van der Waals surface area contributed by atoms with Gasteiger partial charge in [-0.15, -0.1) is 0 Å². The van der Waals surface area contributed by atoms with Gasteiger partial charge in [-0.1, -0.05) is 19.9 Å². The molecule has 2 heterocycles. The lowest BCUT2D eigenvalue weighted by molar-refractivity contribution is -0.136.